The molecule has 132 valence electrons. The van der Waals surface area contributed by atoms with Crippen LogP contribution in [0.15, 0.2) is 18.2 Å². The fourth-order valence-corrected chi connectivity index (χ4v) is 3.03. The van der Waals surface area contributed by atoms with E-state index >= 15 is 0 Å². The number of carbonyl (C=O) groups is 2. The van der Waals surface area contributed by atoms with E-state index < -0.39 is 0 Å². The molecule has 1 fully saturated rings. The molecule has 0 saturated carbocycles. The third-order valence-electron chi connectivity index (χ3n) is 4.38. The first-order chi connectivity index (χ1) is 11.6. The molecule has 1 N–H and O–H groups in total. The van der Waals surface area contributed by atoms with Crippen molar-refractivity contribution in [2.24, 2.45) is 5.92 Å². The first-order valence-corrected chi connectivity index (χ1v) is 8.39. The number of methoxy groups -OCH3 is 2. The van der Waals surface area contributed by atoms with Gasteiger partial charge in [0.25, 0.3) is 5.91 Å². The van der Waals surface area contributed by atoms with E-state index in [1.54, 1.807) is 32.4 Å². The Morgan fingerprint density at radius 3 is 2.67 bits per heavy atom. The van der Waals surface area contributed by atoms with Crippen LogP contribution in [0.2, 0.25) is 0 Å². The van der Waals surface area contributed by atoms with E-state index in [1.807, 2.05) is 11.8 Å². The number of nitrogens with one attached hydrogen (secondary N) is 1. The normalized spacial score (nSPS) is 17.8. The SMILES string of the molecule is CCNC(=O)C1CCCN(C(=O)c2ccc(OC)cc2OC)CC1. The number of amides is 2. The van der Waals surface area contributed by atoms with Gasteiger partial charge in [0.05, 0.1) is 19.8 Å². The lowest BCUT2D eigenvalue weighted by molar-refractivity contribution is -0.125. The zero-order valence-corrected chi connectivity index (χ0v) is 14.6. The number of ether oxygens (including phenoxy) is 2. The molecule has 1 aliphatic rings. The van der Waals surface area contributed by atoms with Crippen molar-refractivity contribution in [3.63, 3.8) is 0 Å². The van der Waals surface area contributed by atoms with E-state index in [0.717, 1.165) is 12.8 Å². The van der Waals surface area contributed by atoms with Crippen LogP contribution in [-0.2, 0) is 4.79 Å². The number of likely N-dealkylation sites (tertiary alicyclic amines) is 1. The Balaban J connectivity index is 2.09. The van der Waals surface area contributed by atoms with E-state index in [-0.39, 0.29) is 17.7 Å². The maximum atomic E-state index is 12.8. The highest BCUT2D eigenvalue weighted by Gasteiger charge is 2.26. The third kappa shape index (κ3) is 4.19. The molecule has 1 aliphatic heterocycles. The van der Waals surface area contributed by atoms with Crippen molar-refractivity contribution in [2.45, 2.75) is 26.2 Å². The second-order valence-corrected chi connectivity index (χ2v) is 5.88. The van der Waals surface area contributed by atoms with Crippen molar-refractivity contribution < 1.29 is 19.1 Å². The van der Waals surface area contributed by atoms with Gasteiger partial charge in [-0.1, -0.05) is 0 Å². The Labute approximate surface area is 143 Å². The number of carbonyl (C=O) groups excluding carboxylic acids is 2. The summed E-state index contributed by atoms with van der Waals surface area (Å²) in [7, 11) is 3.12. The Morgan fingerprint density at radius 1 is 1.21 bits per heavy atom. The lowest BCUT2D eigenvalue weighted by Crippen LogP contribution is -2.34. The van der Waals surface area contributed by atoms with Gasteiger partial charge >= 0.3 is 0 Å². The van der Waals surface area contributed by atoms with E-state index in [1.165, 1.54) is 0 Å². The molecule has 0 spiro atoms. The molecule has 1 aromatic carbocycles. The second-order valence-electron chi connectivity index (χ2n) is 5.88. The Hall–Kier alpha value is -2.24. The van der Waals surface area contributed by atoms with Crippen molar-refractivity contribution >= 4 is 11.8 Å². The van der Waals surface area contributed by atoms with E-state index in [0.29, 0.717) is 43.1 Å². The minimum Gasteiger partial charge on any atom is -0.497 e. The van der Waals surface area contributed by atoms with Gasteiger partial charge in [0.15, 0.2) is 0 Å². The quantitative estimate of drug-likeness (QED) is 0.895. The molecular formula is C18H26N2O4. The zero-order chi connectivity index (χ0) is 17.5. The topological polar surface area (TPSA) is 67.9 Å². The molecule has 24 heavy (non-hydrogen) atoms. The Morgan fingerprint density at radius 2 is 2.00 bits per heavy atom. The Bertz CT molecular complexity index is 588. The van der Waals surface area contributed by atoms with Gasteiger partial charge in [0.1, 0.15) is 11.5 Å². The summed E-state index contributed by atoms with van der Waals surface area (Å²) in [4.78, 5) is 26.7. The Kier molecular flexibility index (Phi) is 6.46. The van der Waals surface area contributed by atoms with Crippen LogP contribution in [0.3, 0.4) is 0 Å². The fraction of sp³-hybridized carbons (Fsp3) is 0.556. The summed E-state index contributed by atoms with van der Waals surface area (Å²) >= 11 is 0. The average molecular weight is 334 g/mol. The van der Waals surface area contributed by atoms with Gasteiger partial charge in [-0.25, -0.2) is 0 Å². The standard InChI is InChI=1S/C18H26N2O4/c1-4-19-17(21)13-6-5-10-20(11-9-13)18(22)15-8-7-14(23-2)12-16(15)24-3/h7-8,12-13H,4-6,9-11H2,1-3H3,(H,19,21). The summed E-state index contributed by atoms with van der Waals surface area (Å²) in [6, 6.07) is 5.19. The van der Waals surface area contributed by atoms with E-state index in [4.69, 9.17) is 9.47 Å². The number of hydrogen-bond donors (Lipinski definition) is 1. The molecule has 1 heterocycles. The number of hydrogen-bond acceptors (Lipinski definition) is 4. The summed E-state index contributed by atoms with van der Waals surface area (Å²) in [5, 5.41) is 2.87. The monoisotopic (exact) mass is 334 g/mol. The summed E-state index contributed by atoms with van der Waals surface area (Å²) in [6.07, 6.45) is 2.33. The number of benzene rings is 1. The molecule has 0 bridgehead atoms. The van der Waals surface area contributed by atoms with Gasteiger partial charge in [0, 0.05) is 31.6 Å². The zero-order valence-electron chi connectivity index (χ0n) is 14.6. The lowest BCUT2D eigenvalue weighted by Gasteiger charge is -2.22. The van der Waals surface area contributed by atoms with Crippen molar-refractivity contribution in [2.75, 3.05) is 33.9 Å². The van der Waals surface area contributed by atoms with Crippen LogP contribution in [-0.4, -0.2) is 50.6 Å². The van der Waals surface area contributed by atoms with Crippen LogP contribution in [0, 0.1) is 5.92 Å². The summed E-state index contributed by atoms with van der Waals surface area (Å²) < 4.78 is 10.5. The maximum absolute atomic E-state index is 12.8. The molecule has 6 heteroatoms. The maximum Gasteiger partial charge on any atom is 0.257 e. The first-order valence-electron chi connectivity index (χ1n) is 8.39. The minimum atomic E-state index is -0.0638. The van der Waals surface area contributed by atoms with Crippen LogP contribution in [0.5, 0.6) is 11.5 Å². The number of nitrogens with zero attached hydrogens (tertiary/aromatic N) is 1. The molecule has 6 nitrogen and oxygen atoms in total. The van der Waals surface area contributed by atoms with Crippen molar-refractivity contribution in [1.29, 1.82) is 0 Å². The van der Waals surface area contributed by atoms with Gasteiger partial charge < -0.3 is 19.7 Å². The van der Waals surface area contributed by atoms with E-state index in [9.17, 15) is 9.59 Å². The smallest absolute Gasteiger partial charge is 0.257 e. The molecule has 2 amide bonds. The summed E-state index contributed by atoms with van der Waals surface area (Å²) in [5.41, 5.74) is 0.523. The van der Waals surface area contributed by atoms with Crippen LogP contribution in [0.4, 0.5) is 0 Å². The molecule has 1 unspecified atom stereocenters. The van der Waals surface area contributed by atoms with Crippen LogP contribution in [0.1, 0.15) is 36.5 Å². The van der Waals surface area contributed by atoms with Crippen LogP contribution < -0.4 is 14.8 Å². The molecule has 1 saturated heterocycles. The van der Waals surface area contributed by atoms with E-state index in [2.05, 4.69) is 5.32 Å². The molecular weight excluding hydrogens is 308 g/mol. The van der Waals surface area contributed by atoms with Gasteiger partial charge in [0.2, 0.25) is 5.91 Å². The number of rotatable bonds is 5. The van der Waals surface area contributed by atoms with Crippen molar-refractivity contribution in [1.82, 2.24) is 10.2 Å². The van der Waals surface area contributed by atoms with Crippen molar-refractivity contribution in [3.8, 4) is 11.5 Å². The van der Waals surface area contributed by atoms with Crippen molar-refractivity contribution in [3.05, 3.63) is 23.8 Å². The molecule has 0 aromatic heterocycles. The molecule has 0 radical (unpaired) electrons. The second kappa shape index (κ2) is 8.57. The van der Waals surface area contributed by atoms with Crippen LogP contribution in [0.25, 0.3) is 0 Å². The molecule has 0 aliphatic carbocycles. The predicted octanol–water partition coefficient (Wildman–Crippen LogP) is 2.08. The van der Waals surface area contributed by atoms with Gasteiger partial charge in [-0.15, -0.1) is 0 Å². The largest absolute Gasteiger partial charge is 0.497 e. The average Bonchev–Trinajstić information content (AvgIpc) is 2.87. The lowest BCUT2D eigenvalue weighted by atomic mass is 10.00. The molecule has 2 rings (SSSR count). The third-order valence-corrected chi connectivity index (χ3v) is 4.38. The summed E-state index contributed by atoms with van der Waals surface area (Å²) in [5.74, 6) is 1.17. The predicted molar refractivity (Wildman–Crippen MR) is 91.5 cm³/mol. The molecule has 1 aromatic rings. The van der Waals surface area contributed by atoms with Crippen LogP contribution >= 0.6 is 0 Å². The highest BCUT2D eigenvalue weighted by atomic mass is 16.5. The first kappa shape index (κ1) is 18.1. The van der Waals surface area contributed by atoms with Gasteiger partial charge in [-0.2, -0.15) is 0 Å². The van der Waals surface area contributed by atoms with Gasteiger partial charge in [-0.3, -0.25) is 9.59 Å². The molecule has 1 atom stereocenters. The highest BCUT2D eigenvalue weighted by molar-refractivity contribution is 5.97. The summed E-state index contributed by atoms with van der Waals surface area (Å²) in [6.45, 7) is 3.79. The van der Waals surface area contributed by atoms with Gasteiger partial charge in [-0.05, 0) is 38.3 Å². The fourth-order valence-electron chi connectivity index (χ4n) is 3.03. The highest BCUT2D eigenvalue weighted by Crippen LogP contribution is 2.27. The minimum absolute atomic E-state index is 0.0134.